The van der Waals surface area contributed by atoms with E-state index in [2.05, 4.69) is 4.90 Å². The molecule has 0 fully saturated rings. The van der Waals surface area contributed by atoms with E-state index in [0.29, 0.717) is 0 Å². The molecule has 0 saturated heterocycles. The van der Waals surface area contributed by atoms with Gasteiger partial charge in [0.25, 0.3) is 0 Å². The predicted molar refractivity (Wildman–Crippen MR) is 65.3 cm³/mol. The molecule has 0 aromatic rings. The minimum Gasteiger partial charge on any atom is -0.393 e. The highest BCUT2D eigenvalue weighted by Crippen LogP contribution is 2.03. The average molecular weight is 233 g/mol. The first kappa shape index (κ1) is 15.8. The molecule has 0 rings (SSSR count). The molecule has 0 bridgehead atoms. The van der Waals surface area contributed by atoms with Crippen molar-refractivity contribution in [3.63, 3.8) is 0 Å². The summed E-state index contributed by atoms with van der Waals surface area (Å²) in [5.74, 6) is 0. The molecule has 98 valence electrons. The Hall–Kier alpha value is -0.160. The smallest absolute Gasteiger partial charge is 0.0524 e. The second-order valence-electron chi connectivity index (χ2n) is 4.75. The molecule has 0 aromatic carbocycles. The zero-order chi connectivity index (χ0) is 12.6. The van der Waals surface area contributed by atoms with Crippen molar-refractivity contribution >= 4 is 0 Å². The van der Waals surface area contributed by atoms with Crippen LogP contribution in [0.3, 0.4) is 0 Å². The summed E-state index contributed by atoms with van der Waals surface area (Å²) < 4.78 is 0. The van der Waals surface area contributed by atoms with Gasteiger partial charge in [0.2, 0.25) is 0 Å². The lowest BCUT2D eigenvalue weighted by molar-refractivity contribution is 0.117. The van der Waals surface area contributed by atoms with Crippen LogP contribution in [-0.4, -0.2) is 58.2 Å². The molecule has 0 aromatic heterocycles. The molecule has 0 spiro atoms. The van der Waals surface area contributed by atoms with Gasteiger partial charge in [-0.1, -0.05) is 0 Å². The number of nitrogens with zero attached hydrogens (tertiary/aromatic N) is 1. The average Bonchev–Trinajstić information content (AvgIpc) is 2.15. The van der Waals surface area contributed by atoms with Crippen LogP contribution in [0.15, 0.2) is 0 Å². The molecular formula is C12H27NO3. The summed E-state index contributed by atoms with van der Waals surface area (Å²) in [6.45, 7) is 7.79. The van der Waals surface area contributed by atoms with Crippen molar-refractivity contribution in [2.45, 2.75) is 58.3 Å². The summed E-state index contributed by atoms with van der Waals surface area (Å²) in [6.07, 6.45) is 1.33. The van der Waals surface area contributed by atoms with Crippen LogP contribution < -0.4 is 0 Å². The fraction of sp³-hybridized carbons (Fsp3) is 1.00. The van der Waals surface area contributed by atoms with Crippen LogP contribution >= 0.6 is 0 Å². The highest BCUT2D eigenvalue weighted by Gasteiger charge is 2.09. The highest BCUT2D eigenvalue weighted by molar-refractivity contribution is 4.63. The molecule has 4 heteroatoms. The first-order chi connectivity index (χ1) is 7.41. The van der Waals surface area contributed by atoms with Crippen molar-refractivity contribution in [1.82, 2.24) is 4.90 Å². The largest absolute Gasteiger partial charge is 0.393 e. The number of hydrogen-bond acceptors (Lipinski definition) is 4. The first-order valence-electron chi connectivity index (χ1n) is 6.18. The Kier molecular flexibility index (Phi) is 8.84. The SMILES string of the molecule is CC(O)CCN(CCC(C)O)CCC(C)O. The second-order valence-corrected chi connectivity index (χ2v) is 4.75. The molecular weight excluding hydrogens is 206 g/mol. The molecule has 0 aliphatic rings. The van der Waals surface area contributed by atoms with Gasteiger partial charge in [-0.15, -0.1) is 0 Å². The van der Waals surface area contributed by atoms with Crippen LogP contribution in [0.2, 0.25) is 0 Å². The summed E-state index contributed by atoms with van der Waals surface area (Å²) >= 11 is 0. The molecule has 4 nitrogen and oxygen atoms in total. The van der Waals surface area contributed by atoms with Crippen LogP contribution in [0, 0.1) is 0 Å². The molecule has 3 atom stereocenters. The molecule has 0 saturated carbocycles. The van der Waals surface area contributed by atoms with Gasteiger partial charge in [0.05, 0.1) is 18.3 Å². The fourth-order valence-electron chi connectivity index (χ4n) is 1.44. The summed E-state index contributed by atoms with van der Waals surface area (Å²) in [5, 5.41) is 27.7. The molecule has 0 heterocycles. The maximum absolute atomic E-state index is 9.23. The monoisotopic (exact) mass is 233 g/mol. The third kappa shape index (κ3) is 10.4. The molecule has 16 heavy (non-hydrogen) atoms. The third-order valence-electron chi connectivity index (χ3n) is 2.59. The van der Waals surface area contributed by atoms with Gasteiger partial charge < -0.3 is 20.2 Å². The summed E-state index contributed by atoms with van der Waals surface area (Å²) in [4.78, 5) is 2.19. The normalized spacial score (nSPS) is 17.4. The number of hydrogen-bond donors (Lipinski definition) is 3. The first-order valence-corrected chi connectivity index (χ1v) is 6.18. The van der Waals surface area contributed by atoms with E-state index in [1.807, 2.05) is 0 Å². The van der Waals surface area contributed by atoms with Gasteiger partial charge in [-0.2, -0.15) is 0 Å². The van der Waals surface area contributed by atoms with Crippen molar-refractivity contribution in [2.75, 3.05) is 19.6 Å². The summed E-state index contributed by atoms with van der Waals surface area (Å²) in [5.41, 5.74) is 0. The molecule has 0 amide bonds. The maximum atomic E-state index is 9.23. The van der Waals surface area contributed by atoms with Gasteiger partial charge in [-0.05, 0) is 40.0 Å². The lowest BCUT2D eigenvalue weighted by Gasteiger charge is -2.24. The van der Waals surface area contributed by atoms with Crippen LogP contribution in [0.25, 0.3) is 0 Å². The Labute approximate surface area is 98.9 Å². The van der Waals surface area contributed by atoms with Gasteiger partial charge in [-0.3, -0.25) is 0 Å². The van der Waals surface area contributed by atoms with E-state index in [9.17, 15) is 15.3 Å². The molecule has 3 N–H and O–H groups in total. The Balaban J connectivity index is 3.85. The Morgan fingerprint density at radius 2 is 0.938 bits per heavy atom. The quantitative estimate of drug-likeness (QED) is 0.546. The van der Waals surface area contributed by atoms with Gasteiger partial charge in [0.1, 0.15) is 0 Å². The summed E-state index contributed by atoms with van der Waals surface area (Å²) in [6, 6.07) is 0. The van der Waals surface area contributed by atoms with E-state index in [-0.39, 0.29) is 18.3 Å². The summed E-state index contributed by atoms with van der Waals surface area (Å²) in [7, 11) is 0. The topological polar surface area (TPSA) is 63.9 Å². The van der Waals surface area contributed by atoms with Crippen LogP contribution in [0.5, 0.6) is 0 Å². The molecule has 0 aliphatic heterocycles. The van der Waals surface area contributed by atoms with E-state index in [0.717, 1.165) is 38.9 Å². The van der Waals surface area contributed by atoms with Gasteiger partial charge in [0.15, 0.2) is 0 Å². The van der Waals surface area contributed by atoms with Crippen molar-refractivity contribution in [3.8, 4) is 0 Å². The molecule has 0 radical (unpaired) electrons. The van der Waals surface area contributed by atoms with Gasteiger partial charge in [-0.25, -0.2) is 0 Å². The third-order valence-corrected chi connectivity index (χ3v) is 2.59. The lowest BCUT2D eigenvalue weighted by Crippen LogP contribution is -2.32. The number of aliphatic hydroxyl groups is 3. The predicted octanol–water partition coefficient (Wildman–Crippen LogP) is 0.601. The minimum atomic E-state index is -0.291. The van der Waals surface area contributed by atoms with Crippen molar-refractivity contribution in [2.24, 2.45) is 0 Å². The zero-order valence-corrected chi connectivity index (χ0v) is 10.8. The zero-order valence-electron chi connectivity index (χ0n) is 10.8. The Morgan fingerprint density at radius 1 is 0.688 bits per heavy atom. The van der Waals surface area contributed by atoms with E-state index >= 15 is 0 Å². The second kappa shape index (κ2) is 8.93. The highest BCUT2D eigenvalue weighted by atomic mass is 16.3. The fourth-order valence-corrected chi connectivity index (χ4v) is 1.44. The van der Waals surface area contributed by atoms with Crippen LogP contribution in [0.1, 0.15) is 40.0 Å². The number of aliphatic hydroxyl groups excluding tert-OH is 3. The molecule has 0 aliphatic carbocycles. The van der Waals surface area contributed by atoms with Gasteiger partial charge in [0, 0.05) is 19.6 Å². The van der Waals surface area contributed by atoms with E-state index in [4.69, 9.17) is 0 Å². The minimum absolute atomic E-state index is 0.291. The lowest BCUT2D eigenvalue weighted by atomic mass is 10.2. The van der Waals surface area contributed by atoms with E-state index < -0.39 is 0 Å². The Bertz CT molecular complexity index is 132. The van der Waals surface area contributed by atoms with E-state index in [1.54, 1.807) is 20.8 Å². The van der Waals surface area contributed by atoms with Crippen molar-refractivity contribution in [3.05, 3.63) is 0 Å². The van der Waals surface area contributed by atoms with Gasteiger partial charge >= 0.3 is 0 Å². The Morgan fingerprint density at radius 3 is 1.12 bits per heavy atom. The van der Waals surface area contributed by atoms with Crippen molar-refractivity contribution < 1.29 is 15.3 Å². The maximum Gasteiger partial charge on any atom is 0.0524 e. The van der Waals surface area contributed by atoms with Crippen molar-refractivity contribution in [1.29, 1.82) is 0 Å². The standard InChI is InChI=1S/C12H27NO3/c1-10(14)4-7-13(8-5-11(2)15)9-6-12(3)16/h10-12,14-16H,4-9H2,1-3H3. The van der Waals surface area contributed by atoms with E-state index in [1.165, 1.54) is 0 Å². The molecule has 3 unspecified atom stereocenters. The van der Waals surface area contributed by atoms with Crippen LogP contribution in [0.4, 0.5) is 0 Å². The number of rotatable bonds is 9. The van der Waals surface area contributed by atoms with Crippen LogP contribution in [-0.2, 0) is 0 Å².